The van der Waals surface area contributed by atoms with Crippen molar-refractivity contribution >= 4 is 23.6 Å². The van der Waals surface area contributed by atoms with E-state index >= 15 is 0 Å². The van der Waals surface area contributed by atoms with Crippen LogP contribution in [0.4, 0.5) is 4.79 Å². The quantitative estimate of drug-likeness (QED) is 0.899. The van der Waals surface area contributed by atoms with Gasteiger partial charge in [-0.2, -0.15) is 0 Å². The molecule has 2 fully saturated rings. The molecule has 5 nitrogen and oxygen atoms in total. The minimum Gasteiger partial charge on any atom is -0.481 e. The summed E-state index contributed by atoms with van der Waals surface area (Å²) < 4.78 is 0. The van der Waals surface area contributed by atoms with E-state index in [1.54, 1.807) is 11.8 Å². The van der Waals surface area contributed by atoms with Gasteiger partial charge < -0.3 is 15.3 Å². The Kier molecular flexibility index (Phi) is 3.77. The van der Waals surface area contributed by atoms with Gasteiger partial charge in [0, 0.05) is 30.1 Å². The van der Waals surface area contributed by atoms with Gasteiger partial charge in [-0.15, -0.1) is 0 Å². The van der Waals surface area contributed by atoms with E-state index in [4.69, 9.17) is 11.6 Å². The zero-order valence-electron chi connectivity index (χ0n) is 12.4. The van der Waals surface area contributed by atoms with Crippen LogP contribution in [0.1, 0.15) is 31.2 Å². The number of nitrogens with one attached hydrogen (secondary N) is 1. The van der Waals surface area contributed by atoms with Crippen molar-refractivity contribution in [1.82, 2.24) is 10.2 Å². The molecule has 6 heteroatoms. The molecule has 2 N–H and O–H groups in total. The number of rotatable bonds is 3. The Morgan fingerprint density at radius 2 is 2.23 bits per heavy atom. The first-order valence-electron chi connectivity index (χ1n) is 7.43. The van der Waals surface area contributed by atoms with Gasteiger partial charge in [0.25, 0.3) is 0 Å². The summed E-state index contributed by atoms with van der Waals surface area (Å²) in [6.07, 6.45) is 1.40. The molecule has 1 unspecified atom stereocenters. The zero-order valence-corrected chi connectivity index (χ0v) is 13.1. The van der Waals surface area contributed by atoms with Gasteiger partial charge in [0.2, 0.25) is 0 Å². The van der Waals surface area contributed by atoms with E-state index in [2.05, 4.69) is 5.32 Å². The van der Waals surface area contributed by atoms with Crippen LogP contribution in [0.3, 0.4) is 0 Å². The van der Waals surface area contributed by atoms with Crippen LogP contribution in [-0.4, -0.2) is 41.1 Å². The molecule has 1 aliphatic carbocycles. The highest BCUT2D eigenvalue weighted by Crippen LogP contribution is 2.41. The first-order valence-corrected chi connectivity index (χ1v) is 7.81. The SMILES string of the molecule is CC1(C(=O)O)CCN(C(=O)N[C@@H]2C[C@H]2c2cccc(Cl)c2)C1. The summed E-state index contributed by atoms with van der Waals surface area (Å²) in [6.45, 7) is 2.44. The monoisotopic (exact) mass is 322 g/mol. The highest BCUT2D eigenvalue weighted by atomic mass is 35.5. The second-order valence-electron chi connectivity index (χ2n) is 6.49. The number of benzene rings is 1. The van der Waals surface area contributed by atoms with E-state index < -0.39 is 11.4 Å². The normalized spacial score (nSPS) is 30.2. The van der Waals surface area contributed by atoms with E-state index in [0.717, 1.165) is 12.0 Å². The van der Waals surface area contributed by atoms with Crippen LogP contribution in [0.15, 0.2) is 24.3 Å². The number of halogens is 1. The summed E-state index contributed by atoms with van der Waals surface area (Å²) in [5.41, 5.74) is 0.308. The standard InChI is InChI=1S/C16H19ClN2O3/c1-16(14(20)21)5-6-19(9-16)15(22)18-13-8-12(13)10-3-2-4-11(17)7-10/h2-4,7,12-13H,5-6,8-9H2,1H3,(H,18,22)(H,20,21)/t12-,13+,16?/m0/s1. The molecule has 0 spiro atoms. The third-order valence-corrected chi connectivity index (χ3v) is 4.89. The zero-order chi connectivity index (χ0) is 15.9. The Bertz CT molecular complexity index is 621. The molecule has 3 rings (SSSR count). The predicted molar refractivity (Wildman–Crippen MR) is 83.1 cm³/mol. The number of carboxylic acid groups (broad SMARTS) is 1. The van der Waals surface area contributed by atoms with Crippen molar-refractivity contribution in [2.75, 3.05) is 13.1 Å². The fourth-order valence-electron chi connectivity index (χ4n) is 3.02. The second kappa shape index (κ2) is 5.47. The van der Waals surface area contributed by atoms with Crippen LogP contribution < -0.4 is 5.32 Å². The van der Waals surface area contributed by atoms with Gasteiger partial charge >= 0.3 is 12.0 Å². The molecule has 2 aliphatic rings. The minimum absolute atomic E-state index is 0.114. The van der Waals surface area contributed by atoms with Crippen molar-refractivity contribution in [2.24, 2.45) is 5.41 Å². The highest BCUT2D eigenvalue weighted by molar-refractivity contribution is 6.30. The Morgan fingerprint density at radius 1 is 1.45 bits per heavy atom. The summed E-state index contributed by atoms with van der Waals surface area (Å²) >= 11 is 5.98. The smallest absolute Gasteiger partial charge is 0.317 e. The number of urea groups is 1. The van der Waals surface area contributed by atoms with Crippen LogP contribution in [-0.2, 0) is 4.79 Å². The number of amides is 2. The van der Waals surface area contributed by atoms with Gasteiger partial charge in [0.05, 0.1) is 5.41 Å². The molecule has 3 atom stereocenters. The average molecular weight is 323 g/mol. The fraction of sp³-hybridized carbons (Fsp3) is 0.500. The summed E-state index contributed by atoms with van der Waals surface area (Å²) in [4.78, 5) is 25.1. The van der Waals surface area contributed by atoms with Gasteiger partial charge in [0.1, 0.15) is 0 Å². The van der Waals surface area contributed by atoms with E-state index in [1.807, 2.05) is 24.3 Å². The molecule has 1 aromatic carbocycles. The van der Waals surface area contributed by atoms with Crippen molar-refractivity contribution in [1.29, 1.82) is 0 Å². The molecule has 1 heterocycles. The molecule has 22 heavy (non-hydrogen) atoms. The van der Waals surface area contributed by atoms with Crippen molar-refractivity contribution in [2.45, 2.75) is 31.7 Å². The third-order valence-electron chi connectivity index (χ3n) is 4.65. The van der Waals surface area contributed by atoms with Crippen molar-refractivity contribution < 1.29 is 14.7 Å². The number of hydrogen-bond acceptors (Lipinski definition) is 2. The van der Waals surface area contributed by atoms with Crippen molar-refractivity contribution in [3.63, 3.8) is 0 Å². The topological polar surface area (TPSA) is 69.6 Å². The lowest BCUT2D eigenvalue weighted by molar-refractivity contribution is -0.146. The van der Waals surface area contributed by atoms with Crippen LogP contribution in [0.2, 0.25) is 5.02 Å². The van der Waals surface area contributed by atoms with E-state index in [9.17, 15) is 14.7 Å². The largest absolute Gasteiger partial charge is 0.481 e. The second-order valence-corrected chi connectivity index (χ2v) is 6.93. The molecule has 0 aromatic heterocycles. The first kappa shape index (κ1) is 15.2. The maximum Gasteiger partial charge on any atom is 0.317 e. The molecule has 0 bridgehead atoms. The lowest BCUT2D eigenvalue weighted by atomic mass is 9.90. The molecule has 1 saturated heterocycles. The van der Waals surface area contributed by atoms with Crippen LogP contribution in [0.5, 0.6) is 0 Å². The van der Waals surface area contributed by atoms with Gasteiger partial charge in [-0.25, -0.2) is 4.79 Å². The maximum atomic E-state index is 12.2. The lowest BCUT2D eigenvalue weighted by Gasteiger charge is -2.20. The Morgan fingerprint density at radius 3 is 2.86 bits per heavy atom. The lowest BCUT2D eigenvalue weighted by Crippen LogP contribution is -2.42. The number of nitrogens with zero attached hydrogens (tertiary/aromatic N) is 1. The van der Waals surface area contributed by atoms with Crippen LogP contribution in [0.25, 0.3) is 0 Å². The summed E-state index contributed by atoms with van der Waals surface area (Å²) in [5, 5.41) is 12.9. The molecule has 1 aliphatic heterocycles. The van der Waals surface area contributed by atoms with Gasteiger partial charge in [-0.1, -0.05) is 23.7 Å². The van der Waals surface area contributed by atoms with Crippen LogP contribution >= 0.6 is 11.6 Å². The Hall–Kier alpha value is -1.75. The molecule has 1 saturated carbocycles. The number of carbonyl (C=O) groups excluding carboxylic acids is 1. The maximum absolute atomic E-state index is 12.2. The van der Waals surface area contributed by atoms with Crippen molar-refractivity contribution in [3.8, 4) is 0 Å². The molecular formula is C16H19ClN2O3. The number of likely N-dealkylation sites (tertiary alicyclic amines) is 1. The number of carbonyl (C=O) groups is 2. The molecular weight excluding hydrogens is 304 g/mol. The van der Waals surface area contributed by atoms with Crippen LogP contribution in [0, 0.1) is 5.41 Å². The van der Waals surface area contributed by atoms with Gasteiger partial charge in [0.15, 0.2) is 0 Å². The number of hydrogen-bond donors (Lipinski definition) is 2. The van der Waals surface area contributed by atoms with Gasteiger partial charge in [-0.3, -0.25) is 4.79 Å². The van der Waals surface area contributed by atoms with E-state index in [0.29, 0.717) is 23.9 Å². The molecule has 118 valence electrons. The van der Waals surface area contributed by atoms with E-state index in [-0.39, 0.29) is 18.6 Å². The minimum atomic E-state index is -0.842. The number of aliphatic carboxylic acids is 1. The van der Waals surface area contributed by atoms with Crippen molar-refractivity contribution in [3.05, 3.63) is 34.9 Å². The summed E-state index contributed by atoms with van der Waals surface area (Å²) in [6, 6.07) is 7.63. The summed E-state index contributed by atoms with van der Waals surface area (Å²) in [5.74, 6) is -0.540. The highest BCUT2D eigenvalue weighted by Gasteiger charge is 2.45. The Balaban J connectivity index is 1.55. The van der Waals surface area contributed by atoms with E-state index in [1.165, 1.54) is 0 Å². The first-order chi connectivity index (χ1) is 10.4. The molecule has 0 radical (unpaired) electrons. The Labute approximate surface area is 134 Å². The van der Waals surface area contributed by atoms with Gasteiger partial charge in [-0.05, 0) is 37.5 Å². The molecule has 2 amide bonds. The average Bonchev–Trinajstić information content (AvgIpc) is 3.10. The number of carboxylic acids is 1. The predicted octanol–water partition coefficient (Wildman–Crippen LogP) is 2.70. The third kappa shape index (κ3) is 2.90. The molecule has 1 aromatic rings. The summed E-state index contributed by atoms with van der Waals surface area (Å²) in [7, 11) is 0. The fourth-order valence-corrected chi connectivity index (χ4v) is 3.22.